The molecular weight excluding hydrogens is 685 g/mol. The average Bonchev–Trinajstić information content (AvgIpc) is 3.82. The van der Waals surface area contributed by atoms with Gasteiger partial charge in [0, 0.05) is 61.7 Å². The quantitative estimate of drug-likeness (QED) is 0.164. The highest BCUT2D eigenvalue weighted by atomic mass is 16.3. The smallest absolute Gasteiger partial charge is 0.137 e. The van der Waals surface area contributed by atoms with E-state index in [4.69, 9.17) is 8.83 Å². The summed E-state index contributed by atoms with van der Waals surface area (Å²) in [5.74, 6) is 0. The largest absolute Gasteiger partial charge is 0.456 e. The van der Waals surface area contributed by atoms with Crippen LogP contribution in [0.2, 0.25) is 0 Å². The van der Waals surface area contributed by atoms with Crippen LogP contribution in [0.25, 0.3) is 65.8 Å². The number of rotatable bonds is 7. The molecule has 0 radical (unpaired) electrons. The topological polar surface area (TPSA) is 32.8 Å². The van der Waals surface area contributed by atoms with Gasteiger partial charge in [-0.1, -0.05) is 103 Å². The molecule has 0 aliphatic heterocycles. The summed E-state index contributed by atoms with van der Waals surface area (Å²) >= 11 is 0. The number of nitrogens with zero attached hydrogens (tertiary/aromatic N) is 2. The zero-order chi connectivity index (χ0) is 37.0. The van der Waals surface area contributed by atoms with Gasteiger partial charge in [0.1, 0.15) is 22.3 Å². The highest BCUT2D eigenvalue weighted by Gasteiger charge is 2.19. The second-order valence-corrected chi connectivity index (χ2v) is 14.2. The first kappa shape index (κ1) is 31.9. The molecule has 9 aromatic carbocycles. The molecule has 0 atom stereocenters. The Bertz CT molecular complexity index is 3160. The van der Waals surface area contributed by atoms with Crippen molar-refractivity contribution in [2.45, 2.75) is 0 Å². The molecule has 0 bridgehead atoms. The number of hydrogen-bond donors (Lipinski definition) is 0. The van der Waals surface area contributed by atoms with E-state index >= 15 is 0 Å². The summed E-state index contributed by atoms with van der Waals surface area (Å²) in [5.41, 5.74) is 12.1. The average molecular weight is 719 g/mol. The Labute approximate surface area is 323 Å². The summed E-state index contributed by atoms with van der Waals surface area (Å²) in [6, 6.07) is 72.7. The third-order valence-electron chi connectivity index (χ3n) is 10.8. The zero-order valence-corrected chi connectivity index (χ0v) is 30.3. The Hall–Kier alpha value is -7.56. The van der Waals surface area contributed by atoms with Crippen LogP contribution in [0.5, 0.6) is 0 Å². The highest BCUT2D eigenvalue weighted by molar-refractivity contribution is 6.09. The van der Waals surface area contributed by atoms with Crippen LogP contribution in [0, 0.1) is 0 Å². The van der Waals surface area contributed by atoms with Gasteiger partial charge in [-0.2, -0.15) is 0 Å². The molecule has 0 spiro atoms. The molecule has 2 heterocycles. The fraction of sp³-hybridized carbons (Fsp3) is 0. The van der Waals surface area contributed by atoms with Gasteiger partial charge < -0.3 is 18.6 Å². The molecule has 0 saturated carbocycles. The number of hydrogen-bond acceptors (Lipinski definition) is 4. The van der Waals surface area contributed by atoms with Crippen molar-refractivity contribution in [2.24, 2.45) is 0 Å². The molecule has 11 aromatic rings. The minimum atomic E-state index is 0.839. The molecule has 264 valence electrons. The van der Waals surface area contributed by atoms with Gasteiger partial charge in [-0.05, 0) is 119 Å². The van der Waals surface area contributed by atoms with Crippen molar-refractivity contribution in [3.63, 3.8) is 0 Å². The van der Waals surface area contributed by atoms with E-state index in [1.54, 1.807) is 0 Å². The Kier molecular flexibility index (Phi) is 7.46. The summed E-state index contributed by atoms with van der Waals surface area (Å²) in [6.07, 6.45) is 0. The van der Waals surface area contributed by atoms with E-state index in [9.17, 15) is 0 Å². The molecule has 4 nitrogen and oxygen atoms in total. The second kappa shape index (κ2) is 13.1. The second-order valence-electron chi connectivity index (χ2n) is 14.2. The molecule has 0 N–H and O–H groups in total. The summed E-state index contributed by atoms with van der Waals surface area (Å²) in [4.78, 5) is 4.59. The lowest BCUT2D eigenvalue weighted by Crippen LogP contribution is -2.10. The maximum atomic E-state index is 6.48. The molecule has 56 heavy (non-hydrogen) atoms. The summed E-state index contributed by atoms with van der Waals surface area (Å²) in [7, 11) is 0. The Morgan fingerprint density at radius 1 is 0.250 bits per heavy atom. The van der Waals surface area contributed by atoms with Crippen molar-refractivity contribution in [1.29, 1.82) is 0 Å². The minimum Gasteiger partial charge on any atom is -0.456 e. The third-order valence-corrected chi connectivity index (χ3v) is 10.8. The number of fused-ring (bicyclic) bond motifs is 7. The van der Waals surface area contributed by atoms with Gasteiger partial charge in [0.15, 0.2) is 0 Å². The van der Waals surface area contributed by atoms with Gasteiger partial charge in [-0.3, -0.25) is 0 Å². The first-order chi connectivity index (χ1) is 27.7. The van der Waals surface area contributed by atoms with E-state index in [-0.39, 0.29) is 0 Å². The molecule has 0 saturated heterocycles. The summed E-state index contributed by atoms with van der Waals surface area (Å²) < 4.78 is 12.9. The number of para-hydroxylation sites is 3. The zero-order valence-electron chi connectivity index (χ0n) is 30.3. The molecule has 2 aromatic heterocycles. The van der Waals surface area contributed by atoms with Crippen LogP contribution in [-0.2, 0) is 0 Å². The maximum Gasteiger partial charge on any atom is 0.137 e. The van der Waals surface area contributed by atoms with Crippen LogP contribution in [0.15, 0.2) is 215 Å². The van der Waals surface area contributed by atoms with Crippen molar-refractivity contribution < 1.29 is 8.83 Å². The van der Waals surface area contributed by atoms with E-state index in [1.165, 1.54) is 16.3 Å². The van der Waals surface area contributed by atoms with Crippen molar-refractivity contribution in [2.75, 3.05) is 9.80 Å². The molecule has 0 unspecified atom stereocenters. The van der Waals surface area contributed by atoms with E-state index < -0.39 is 0 Å². The first-order valence-electron chi connectivity index (χ1n) is 18.9. The monoisotopic (exact) mass is 718 g/mol. The van der Waals surface area contributed by atoms with Gasteiger partial charge in [0.05, 0.1) is 0 Å². The Morgan fingerprint density at radius 3 is 1.41 bits per heavy atom. The lowest BCUT2D eigenvalue weighted by atomic mass is 10.0. The first-order valence-corrected chi connectivity index (χ1v) is 18.9. The summed E-state index contributed by atoms with van der Waals surface area (Å²) in [5, 5.41) is 6.78. The molecular formula is C52H34N2O2. The van der Waals surface area contributed by atoms with E-state index in [1.807, 2.05) is 12.1 Å². The van der Waals surface area contributed by atoms with Crippen LogP contribution in [-0.4, -0.2) is 0 Å². The van der Waals surface area contributed by atoms with Gasteiger partial charge in [0.2, 0.25) is 0 Å². The van der Waals surface area contributed by atoms with Crippen molar-refractivity contribution >= 4 is 88.8 Å². The number of benzene rings is 9. The fourth-order valence-corrected chi connectivity index (χ4v) is 8.11. The normalized spacial score (nSPS) is 11.6. The van der Waals surface area contributed by atoms with E-state index in [2.05, 4.69) is 204 Å². The van der Waals surface area contributed by atoms with Gasteiger partial charge in [0.25, 0.3) is 0 Å². The fourth-order valence-electron chi connectivity index (χ4n) is 8.11. The third kappa shape index (κ3) is 5.47. The molecule has 0 amide bonds. The number of furan rings is 2. The van der Waals surface area contributed by atoms with Crippen LogP contribution in [0.1, 0.15) is 0 Å². The van der Waals surface area contributed by atoms with Crippen LogP contribution >= 0.6 is 0 Å². The Balaban J connectivity index is 1.06. The highest BCUT2D eigenvalue weighted by Crippen LogP contribution is 2.43. The minimum absolute atomic E-state index is 0.839. The molecule has 0 fully saturated rings. The van der Waals surface area contributed by atoms with Crippen molar-refractivity contribution in [3.8, 4) is 11.1 Å². The van der Waals surface area contributed by atoms with Crippen LogP contribution in [0.4, 0.5) is 34.1 Å². The SMILES string of the molecule is c1ccc(N(c2ccccc2)c2ccc3oc4ccc(N(c5ccc(-c6ccc7ccccc7c6)cc5)c5ccc6c(c5)oc5ccccc56)cc4c3c2)cc1. The molecule has 11 rings (SSSR count). The van der Waals surface area contributed by atoms with Crippen molar-refractivity contribution in [3.05, 3.63) is 206 Å². The molecule has 0 aliphatic rings. The van der Waals surface area contributed by atoms with Crippen LogP contribution < -0.4 is 9.80 Å². The predicted molar refractivity (Wildman–Crippen MR) is 233 cm³/mol. The van der Waals surface area contributed by atoms with Crippen LogP contribution in [0.3, 0.4) is 0 Å². The lowest BCUT2D eigenvalue weighted by Gasteiger charge is -2.26. The van der Waals surface area contributed by atoms with E-state index in [0.29, 0.717) is 0 Å². The van der Waals surface area contributed by atoms with Gasteiger partial charge >= 0.3 is 0 Å². The lowest BCUT2D eigenvalue weighted by molar-refractivity contribution is 0.668. The Morgan fingerprint density at radius 2 is 0.714 bits per heavy atom. The van der Waals surface area contributed by atoms with E-state index in [0.717, 1.165) is 83.6 Å². The van der Waals surface area contributed by atoms with Crippen molar-refractivity contribution in [1.82, 2.24) is 0 Å². The molecule has 0 aliphatic carbocycles. The molecule has 4 heteroatoms. The maximum absolute atomic E-state index is 6.48. The van der Waals surface area contributed by atoms with Gasteiger partial charge in [-0.15, -0.1) is 0 Å². The van der Waals surface area contributed by atoms with Gasteiger partial charge in [-0.25, -0.2) is 0 Å². The summed E-state index contributed by atoms with van der Waals surface area (Å²) in [6.45, 7) is 0. The predicted octanol–water partition coefficient (Wildman–Crippen LogP) is 15.2. The standard InChI is InChI=1S/C52H34N2O2/c1-3-13-39(14-4-1)53(40-15-5-2-6-16-40)42-26-29-50-47(32-42)48-33-43(27-30-51(48)55-50)54(44-25-28-46-45-17-9-10-18-49(45)56-52(46)34-44)41-23-21-36(22-24-41)38-20-19-35-11-7-8-12-37(35)31-38/h1-34H. The number of anilines is 6.